The van der Waals surface area contributed by atoms with E-state index in [1.165, 1.54) is 11.1 Å². The second-order valence-corrected chi connectivity index (χ2v) is 23.8. The van der Waals surface area contributed by atoms with Crippen LogP contribution in [0.5, 0.6) is 11.5 Å². The van der Waals surface area contributed by atoms with E-state index in [1.807, 2.05) is 54.6 Å². The first-order valence-corrected chi connectivity index (χ1v) is 21.7. The van der Waals surface area contributed by atoms with E-state index in [0.717, 1.165) is 16.0 Å². The van der Waals surface area contributed by atoms with Crippen LogP contribution in [0.3, 0.4) is 0 Å². The maximum atomic E-state index is 5.11. The third-order valence-corrected chi connectivity index (χ3v) is 11.3. The van der Waals surface area contributed by atoms with Gasteiger partial charge in [-0.2, -0.15) is 0 Å². The van der Waals surface area contributed by atoms with E-state index in [1.54, 1.807) is 17.8 Å². The van der Waals surface area contributed by atoms with Gasteiger partial charge in [-0.3, -0.25) is 0 Å². The molecule has 0 unspecified atom stereocenters. The van der Waals surface area contributed by atoms with Gasteiger partial charge in [-0.1, -0.05) is 58.4 Å². The molecule has 4 rings (SSSR count). The molecule has 0 saturated heterocycles. The van der Waals surface area contributed by atoms with Gasteiger partial charge in [0.1, 0.15) is 11.5 Å². The molecule has 0 saturated carbocycles. The number of hydrogen-bond donors (Lipinski definition) is 0. The van der Waals surface area contributed by atoms with Crippen molar-refractivity contribution in [2.45, 2.75) is 14.8 Å². The van der Waals surface area contributed by atoms with Crippen molar-refractivity contribution in [3.05, 3.63) is 114 Å². The van der Waals surface area contributed by atoms with Crippen molar-refractivity contribution >= 4 is 37.9 Å². The van der Waals surface area contributed by atoms with Crippen molar-refractivity contribution in [1.29, 1.82) is 0 Å². The fourth-order valence-electron chi connectivity index (χ4n) is 2.92. The standard InChI is InChI=1S/C13H12O.C7H7BrO.C6H5.3CH3.Sn/c1-14-13-9-7-12(8-10-13)11-5-3-2-4-6-11;1-9-7-4-2-6(8)3-5-7;1-2-4-6-5-3-1;;;;/h2-10H,1H3;2-5H,1H3;1-5H;3*1H3;. The third kappa shape index (κ3) is 10.1. The van der Waals surface area contributed by atoms with E-state index >= 15 is 0 Å². The summed E-state index contributed by atoms with van der Waals surface area (Å²) in [5.74, 6) is 1.78. The molecule has 0 bridgehead atoms. The van der Waals surface area contributed by atoms with Crippen LogP contribution in [-0.4, -0.2) is 32.6 Å². The first-order valence-electron chi connectivity index (χ1n) is 10.9. The van der Waals surface area contributed by atoms with Crippen molar-refractivity contribution in [3.8, 4) is 22.6 Å². The SMILES string of the molecule is COc1ccc(-c2ccccc2)cc1.COc1ccc(Br)cc1.[CH3][Sn]([CH3])([CH3])[c]1ccccc1. The second-order valence-electron chi connectivity index (χ2n) is 8.37. The summed E-state index contributed by atoms with van der Waals surface area (Å²) < 4.78 is 12.7. The quantitative estimate of drug-likeness (QED) is 0.217. The number of hydrogen-bond acceptors (Lipinski definition) is 2. The Morgan fingerprint density at radius 2 is 0.909 bits per heavy atom. The Bertz CT molecular complexity index is 1040. The number of ether oxygens (including phenoxy) is 2. The maximum absolute atomic E-state index is 5.11. The van der Waals surface area contributed by atoms with E-state index in [0.29, 0.717) is 0 Å². The zero-order chi connectivity index (χ0) is 24.1. The van der Waals surface area contributed by atoms with Crippen molar-refractivity contribution in [2.24, 2.45) is 0 Å². The van der Waals surface area contributed by atoms with Crippen molar-refractivity contribution in [1.82, 2.24) is 0 Å². The van der Waals surface area contributed by atoms with Crippen LogP contribution in [0.25, 0.3) is 11.1 Å². The van der Waals surface area contributed by atoms with Gasteiger partial charge in [-0.25, -0.2) is 0 Å². The second kappa shape index (κ2) is 14.1. The predicted octanol–water partition coefficient (Wildman–Crippen LogP) is 8.05. The van der Waals surface area contributed by atoms with E-state index in [2.05, 4.69) is 85.3 Å². The molecule has 0 amide bonds. The van der Waals surface area contributed by atoms with Gasteiger partial charge in [-0.05, 0) is 47.5 Å². The summed E-state index contributed by atoms with van der Waals surface area (Å²) in [6, 6.07) is 37.0. The summed E-state index contributed by atoms with van der Waals surface area (Å²) in [4.78, 5) is 7.30. The average molecular weight is 612 g/mol. The van der Waals surface area contributed by atoms with Crippen LogP contribution in [0.15, 0.2) is 114 Å². The van der Waals surface area contributed by atoms with Crippen molar-refractivity contribution in [3.63, 3.8) is 0 Å². The average Bonchev–Trinajstić information content (AvgIpc) is 2.86. The number of methoxy groups -OCH3 is 2. The first kappa shape index (κ1) is 27.0. The van der Waals surface area contributed by atoms with Crippen LogP contribution in [0.1, 0.15) is 0 Å². The zero-order valence-electron chi connectivity index (χ0n) is 20.1. The monoisotopic (exact) mass is 612 g/mol. The molecule has 33 heavy (non-hydrogen) atoms. The van der Waals surface area contributed by atoms with Crippen LogP contribution in [-0.2, 0) is 0 Å². The minimum atomic E-state index is -1.71. The van der Waals surface area contributed by atoms with E-state index in [-0.39, 0.29) is 0 Å². The normalized spacial score (nSPS) is 10.1. The number of rotatable bonds is 4. The molecule has 0 N–H and O–H groups in total. The Hall–Kier alpha value is -2.24. The van der Waals surface area contributed by atoms with Crippen LogP contribution in [0, 0.1) is 0 Å². The molecule has 0 fully saturated rings. The molecule has 0 aliphatic carbocycles. The Morgan fingerprint density at radius 3 is 1.30 bits per heavy atom. The molecule has 0 radical (unpaired) electrons. The summed E-state index contributed by atoms with van der Waals surface area (Å²) in [7, 11) is 3.33. The molecular weight excluding hydrogens is 579 g/mol. The molecular formula is C29H33BrO2Sn. The molecule has 0 heterocycles. The summed E-state index contributed by atoms with van der Waals surface area (Å²) in [5, 5.41) is 0. The van der Waals surface area contributed by atoms with Gasteiger partial charge >= 0.3 is 67.1 Å². The predicted molar refractivity (Wildman–Crippen MR) is 149 cm³/mol. The Morgan fingerprint density at radius 1 is 0.515 bits per heavy atom. The van der Waals surface area contributed by atoms with Crippen LogP contribution >= 0.6 is 15.9 Å². The molecule has 0 aliphatic heterocycles. The molecule has 0 atom stereocenters. The molecule has 0 spiro atoms. The summed E-state index contributed by atoms with van der Waals surface area (Å²) in [6.45, 7) is 0. The van der Waals surface area contributed by atoms with Crippen molar-refractivity contribution in [2.75, 3.05) is 14.2 Å². The molecule has 4 aromatic carbocycles. The van der Waals surface area contributed by atoms with Gasteiger partial charge < -0.3 is 9.47 Å². The van der Waals surface area contributed by atoms with Gasteiger partial charge in [0, 0.05) is 4.47 Å². The van der Waals surface area contributed by atoms with Gasteiger partial charge in [-0.15, -0.1) is 0 Å². The van der Waals surface area contributed by atoms with Gasteiger partial charge in [0.25, 0.3) is 0 Å². The minimum absolute atomic E-state index is 0.887. The number of benzene rings is 4. The molecule has 4 heteroatoms. The third-order valence-electron chi connectivity index (χ3n) is 4.89. The molecule has 0 aliphatic rings. The van der Waals surface area contributed by atoms with Crippen LogP contribution in [0.2, 0.25) is 14.8 Å². The van der Waals surface area contributed by atoms with E-state index < -0.39 is 18.4 Å². The Balaban J connectivity index is 0.000000181. The molecule has 172 valence electrons. The van der Waals surface area contributed by atoms with Crippen molar-refractivity contribution < 1.29 is 9.47 Å². The summed E-state index contributed by atoms with van der Waals surface area (Å²) in [6.07, 6.45) is 0. The van der Waals surface area contributed by atoms with E-state index in [4.69, 9.17) is 9.47 Å². The van der Waals surface area contributed by atoms with Crippen LogP contribution in [0.4, 0.5) is 0 Å². The fraction of sp³-hybridized carbons (Fsp3) is 0.172. The van der Waals surface area contributed by atoms with E-state index in [9.17, 15) is 0 Å². The van der Waals surface area contributed by atoms with Gasteiger partial charge in [0.05, 0.1) is 14.2 Å². The van der Waals surface area contributed by atoms with Crippen LogP contribution < -0.4 is 13.1 Å². The topological polar surface area (TPSA) is 18.5 Å². The summed E-state index contributed by atoms with van der Waals surface area (Å²) >= 11 is 1.61. The molecule has 2 nitrogen and oxygen atoms in total. The zero-order valence-corrected chi connectivity index (χ0v) is 24.5. The van der Waals surface area contributed by atoms with Gasteiger partial charge in [0.2, 0.25) is 0 Å². The number of halogens is 1. The Kier molecular flexibility index (Phi) is 11.6. The molecule has 0 aromatic heterocycles. The first-order chi connectivity index (χ1) is 15.8. The fourth-order valence-corrected chi connectivity index (χ4v) is 6.59. The summed E-state index contributed by atoms with van der Waals surface area (Å²) in [5.41, 5.74) is 2.45. The van der Waals surface area contributed by atoms with Gasteiger partial charge in [0.15, 0.2) is 0 Å². The Labute approximate surface area is 211 Å². The molecule has 4 aromatic rings.